The number of tetrazole rings is 1. The maximum Gasteiger partial charge on any atom is 0.214 e. The van der Waals surface area contributed by atoms with E-state index in [2.05, 4.69) is 30.9 Å². The number of nitrogens with zero attached hydrogens (tertiary/aromatic N) is 4. The molecule has 7 nitrogen and oxygen atoms in total. The first-order chi connectivity index (χ1) is 7.38. The van der Waals surface area contributed by atoms with Crippen LogP contribution in [0.5, 0.6) is 5.88 Å². The van der Waals surface area contributed by atoms with Crippen molar-refractivity contribution in [2.45, 2.75) is 6.54 Å². The Morgan fingerprint density at radius 2 is 2.47 bits per heavy atom. The smallest absolute Gasteiger partial charge is 0.214 e. The summed E-state index contributed by atoms with van der Waals surface area (Å²) in [7, 11) is 1.57. The zero-order valence-corrected chi connectivity index (χ0v) is 8.14. The van der Waals surface area contributed by atoms with Gasteiger partial charge in [-0.25, -0.2) is 4.98 Å². The van der Waals surface area contributed by atoms with Crippen molar-refractivity contribution in [2.75, 3.05) is 12.4 Å². The fraction of sp³-hybridized carbons (Fsp3) is 0.250. The van der Waals surface area contributed by atoms with E-state index in [1.807, 2.05) is 6.07 Å². The Kier molecular flexibility index (Phi) is 2.72. The van der Waals surface area contributed by atoms with Crippen molar-refractivity contribution < 1.29 is 4.74 Å². The lowest BCUT2D eigenvalue weighted by atomic mass is 10.4. The average Bonchev–Trinajstić information content (AvgIpc) is 2.79. The highest BCUT2D eigenvalue weighted by Gasteiger charge is 1.99. The predicted octanol–water partition coefficient (Wildman–Crippen LogP) is 0.215. The van der Waals surface area contributed by atoms with E-state index in [0.717, 1.165) is 5.69 Å². The summed E-state index contributed by atoms with van der Waals surface area (Å²) in [5.41, 5.74) is 0.895. The quantitative estimate of drug-likeness (QED) is 0.743. The van der Waals surface area contributed by atoms with E-state index in [1.165, 1.54) is 0 Å². The van der Waals surface area contributed by atoms with Gasteiger partial charge in [0.25, 0.3) is 0 Å². The third-order valence-electron chi connectivity index (χ3n) is 1.78. The molecule has 0 aliphatic rings. The first kappa shape index (κ1) is 9.38. The molecule has 0 atom stereocenters. The van der Waals surface area contributed by atoms with E-state index < -0.39 is 0 Å². The lowest BCUT2D eigenvalue weighted by Gasteiger charge is -2.04. The maximum atomic E-state index is 4.99. The molecule has 0 saturated carbocycles. The summed E-state index contributed by atoms with van der Waals surface area (Å²) in [5, 5.41) is 16.6. The number of anilines is 1. The van der Waals surface area contributed by atoms with Crippen LogP contribution in [0.2, 0.25) is 0 Å². The lowest BCUT2D eigenvalue weighted by molar-refractivity contribution is 0.398. The van der Waals surface area contributed by atoms with E-state index in [1.54, 1.807) is 19.4 Å². The second kappa shape index (κ2) is 4.36. The minimum absolute atomic E-state index is 0.504. The molecule has 0 spiro atoms. The van der Waals surface area contributed by atoms with Crippen LogP contribution in [0.25, 0.3) is 0 Å². The lowest BCUT2D eigenvalue weighted by Crippen LogP contribution is -2.01. The number of methoxy groups -OCH3 is 1. The summed E-state index contributed by atoms with van der Waals surface area (Å²) in [4.78, 5) is 3.99. The molecule has 2 heterocycles. The molecule has 78 valence electrons. The number of H-pyrrole nitrogens is 1. The van der Waals surface area contributed by atoms with Crippen molar-refractivity contribution in [3.63, 3.8) is 0 Å². The van der Waals surface area contributed by atoms with E-state index in [0.29, 0.717) is 18.2 Å². The summed E-state index contributed by atoms with van der Waals surface area (Å²) in [6.07, 6.45) is 1.66. The van der Waals surface area contributed by atoms with E-state index in [4.69, 9.17) is 4.74 Å². The first-order valence-electron chi connectivity index (χ1n) is 4.35. The molecule has 2 aromatic rings. The number of hydrogen-bond acceptors (Lipinski definition) is 6. The van der Waals surface area contributed by atoms with Gasteiger partial charge in [0.1, 0.15) is 0 Å². The SMILES string of the molecule is COc1cc(NCc2nn[nH]n2)ccn1. The number of pyridine rings is 1. The van der Waals surface area contributed by atoms with Gasteiger partial charge >= 0.3 is 0 Å². The number of ether oxygens (including phenoxy) is 1. The minimum atomic E-state index is 0.504. The summed E-state index contributed by atoms with van der Waals surface area (Å²) in [6, 6.07) is 3.63. The van der Waals surface area contributed by atoms with Gasteiger partial charge < -0.3 is 10.1 Å². The van der Waals surface area contributed by atoms with E-state index in [-0.39, 0.29) is 0 Å². The zero-order chi connectivity index (χ0) is 10.5. The minimum Gasteiger partial charge on any atom is -0.481 e. The van der Waals surface area contributed by atoms with E-state index in [9.17, 15) is 0 Å². The summed E-state index contributed by atoms with van der Waals surface area (Å²) >= 11 is 0. The van der Waals surface area contributed by atoms with Gasteiger partial charge in [-0.05, 0) is 6.07 Å². The molecule has 0 bridgehead atoms. The molecule has 0 saturated heterocycles. The van der Waals surface area contributed by atoms with Crippen LogP contribution < -0.4 is 10.1 Å². The number of nitrogens with one attached hydrogen (secondary N) is 2. The highest BCUT2D eigenvalue weighted by molar-refractivity contribution is 5.44. The molecule has 7 heteroatoms. The molecular weight excluding hydrogens is 196 g/mol. The third-order valence-corrected chi connectivity index (χ3v) is 1.78. The van der Waals surface area contributed by atoms with Gasteiger partial charge in [-0.3, -0.25) is 0 Å². The molecule has 0 radical (unpaired) electrons. The molecule has 0 aromatic carbocycles. The fourth-order valence-corrected chi connectivity index (χ4v) is 1.07. The van der Waals surface area contributed by atoms with E-state index >= 15 is 0 Å². The second-order valence-corrected chi connectivity index (χ2v) is 2.77. The maximum absolute atomic E-state index is 4.99. The van der Waals surface area contributed by atoms with Crippen molar-refractivity contribution in [1.29, 1.82) is 0 Å². The monoisotopic (exact) mass is 206 g/mol. The molecule has 2 aromatic heterocycles. The van der Waals surface area contributed by atoms with Crippen LogP contribution in [0.3, 0.4) is 0 Å². The molecule has 0 fully saturated rings. The third kappa shape index (κ3) is 2.39. The van der Waals surface area contributed by atoms with Crippen molar-refractivity contribution in [3.05, 3.63) is 24.2 Å². The topological polar surface area (TPSA) is 88.6 Å². The molecule has 0 aliphatic heterocycles. The molecule has 0 unspecified atom stereocenters. The van der Waals surface area contributed by atoms with Crippen molar-refractivity contribution >= 4 is 5.69 Å². The number of aromatic nitrogens is 5. The fourth-order valence-electron chi connectivity index (χ4n) is 1.07. The Labute approximate surface area is 85.9 Å². The zero-order valence-electron chi connectivity index (χ0n) is 8.14. The highest BCUT2D eigenvalue weighted by Crippen LogP contribution is 2.13. The van der Waals surface area contributed by atoms with Gasteiger partial charge in [-0.2, -0.15) is 5.21 Å². The largest absolute Gasteiger partial charge is 0.481 e. The summed E-state index contributed by atoms with van der Waals surface area (Å²) in [6.45, 7) is 0.504. The average molecular weight is 206 g/mol. The molecular formula is C8H10N6O. The number of aromatic amines is 1. The Morgan fingerprint density at radius 3 is 3.20 bits per heavy atom. The molecule has 15 heavy (non-hydrogen) atoms. The van der Waals surface area contributed by atoms with Crippen LogP contribution >= 0.6 is 0 Å². The van der Waals surface area contributed by atoms with Crippen LogP contribution in [0, 0.1) is 0 Å². The standard InChI is InChI=1S/C8H10N6O/c1-15-8-4-6(2-3-9-8)10-5-7-11-13-14-12-7/h2-4H,5H2,1H3,(H,9,10)(H,11,12,13,14). The Balaban J connectivity index is 1.98. The van der Waals surface area contributed by atoms with Crippen LogP contribution in [0.4, 0.5) is 5.69 Å². The summed E-state index contributed by atoms with van der Waals surface area (Å²) < 4.78 is 4.99. The van der Waals surface area contributed by atoms with Crippen molar-refractivity contribution in [1.82, 2.24) is 25.6 Å². The van der Waals surface area contributed by atoms with Gasteiger partial charge in [0.15, 0.2) is 5.82 Å². The summed E-state index contributed by atoms with van der Waals surface area (Å²) in [5.74, 6) is 1.17. The van der Waals surface area contributed by atoms with Gasteiger partial charge in [0.05, 0.1) is 13.7 Å². The van der Waals surface area contributed by atoms with Gasteiger partial charge in [0, 0.05) is 18.0 Å². The Morgan fingerprint density at radius 1 is 1.53 bits per heavy atom. The Hall–Kier alpha value is -2.18. The van der Waals surface area contributed by atoms with Gasteiger partial charge in [-0.1, -0.05) is 5.21 Å². The van der Waals surface area contributed by atoms with Gasteiger partial charge in [-0.15, -0.1) is 10.2 Å². The van der Waals surface area contributed by atoms with Crippen LogP contribution in [-0.2, 0) is 6.54 Å². The molecule has 0 aliphatic carbocycles. The van der Waals surface area contributed by atoms with Crippen molar-refractivity contribution in [2.24, 2.45) is 0 Å². The van der Waals surface area contributed by atoms with Gasteiger partial charge in [0.2, 0.25) is 5.88 Å². The Bertz CT molecular complexity index is 415. The predicted molar refractivity (Wildman–Crippen MR) is 52.3 cm³/mol. The van der Waals surface area contributed by atoms with Crippen LogP contribution in [0.1, 0.15) is 5.82 Å². The van der Waals surface area contributed by atoms with Crippen molar-refractivity contribution in [3.8, 4) is 5.88 Å². The van der Waals surface area contributed by atoms with Crippen LogP contribution in [0.15, 0.2) is 18.3 Å². The molecule has 2 N–H and O–H groups in total. The second-order valence-electron chi connectivity index (χ2n) is 2.77. The normalized spacial score (nSPS) is 9.93. The molecule has 2 rings (SSSR count). The van der Waals surface area contributed by atoms with Crippen LogP contribution in [-0.4, -0.2) is 32.7 Å². The molecule has 0 amide bonds. The first-order valence-corrected chi connectivity index (χ1v) is 4.35. The highest BCUT2D eigenvalue weighted by atomic mass is 16.5. The number of hydrogen-bond donors (Lipinski definition) is 2. The number of rotatable bonds is 4.